The molecule has 1 saturated carbocycles. The first-order valence-electron chi connectivity index (χ1n) is 15.1. The maximum Gasteiger partial charge on any atom is 0.459 e. The van der Waals surface area contributed by atoms with Crippen molar-refractivity contribution in [2.24, 2.45) is 11.8 Å². The Morgan fingerprint density at radius 1 is 1.24 bits per heavy atom. The van der Waals surface area contributed by atoms with E-state index in [2.05, 4.69) is 15.2 Å². The van der Waals surface area contributed by atoms with Gasteiger partial charge in [-0.3, -0.25) is 9.32 Å². The van der Waals surface area contributed by atoms with Gasteiger partial charge >= 0.3 is 13.7 Å². The summed E-state index contributed by atoms with van der Waals surface area (Å²) in [6.45, 7) is 3.48. The maximum atomic E-state index is 14.4. The Bertz CT molecular complexity index is 1560. The largest absolute Gasteiger partial charge is 0.464 e. The molecule has 0 bridgehead atoms. The molecule has 1 aromatic carbocycles. The molecule has 1 saturated heterocycles. The molecule has 2 aromatic heterocycles. The van der Waals surface area contributed by atoms with Gasteiger partial charge in [0.1, 0.15) is 54.6 Å². The van der Waals surface area contributed by atoms with E-state index >= 15 is 0 Å². The van der Waals surface area contributed by atoms with Gasteiger partial charge in [-0.2, -0.15) is 15.4 Å². The van der Waals surface area contributed by atoms with Crippen molar-refractivity contribution in [2.75, 3.05) is 18.9 Å². The third kappa shape index (κ3) is 7.30. The number of hydrogen-bond donors (Lipinski definition) is 4. The van der Waals surface area contributed by atoms with Gasteiger partial charge < -0.3 is 29.9 Å². The molecule has 5 rings (SSSR count). The number of nitrogen functional groups attached to an aromatic ring is 1. The molecule has 3 aromatic rings. The van der Waals surface area contributed by atoms with Crippen LogP contribution in [0.25, 0.3) is 5.52 Å². The summed E-state index contributed by atoms with van der Waals surface area (Å²) in [7, 11) is -4.44. The van der Waals surface area contributed by atoms with E-state index in [4.69, 9.17) is 24.3 Å². The van der Waals surface area contributed by atoms with Gasteiger partial charge in [0, 0.05) is 0 Å². The minimum Gasteiger partial charge on any atom is -0.464 e. The molecule has 15 heteroatoms. The van der Waals surface area contributed by atoms with Crippen molar-refractivity contribution in [3.63, 3.8) is 0 Å². The first-order chi connectivity index (χ1) is 21.6. The number of nitrogens with one attached hydrogen (secondary N) is 1. The molecule has 0 amide bonds. The maximum absolute atomic E-state index is 14.4. The lowest BCUT2D eigenvalue weighted by Crippen LogP contribution is -2.46. The van der Waals surface area contributed by atoms with Gasteiger partial charge in [-0.15, -0.1) is 0 Å². The highest BCUT2D eigenvalue weighted by atomic mass is 31.2. The van der Waals surface area contributed by atoms with Gasteiger partial charge in [0.15, 0.2) is 5.82 Å². The van der Waals surface area contributed by atoms with Crippen molar-refractivity contribution >= 4 is 25.1 Å². The quantitative estimate of drug-likeness (QED) is 0.139. The van der Waals surface area contributed by atoms with Crippen molar-refractivity contribution in [3.05, 3.63) is 54.5 Å². The van der Waals surface area contributed by atoms with E-state index in [0.29, 0.717) is 17.6 Å². The summed E-state index contributed by atoms with van der Waals surface area (Å²) in [5.74, 6) is 0.208. The molecule has 0 spiro atoms. The minimum absolute atomic E-state index is 0.178. The fourth-order valence-electron chi connectivity index (χ4n) is 5.27. The van der Waals surface area contributed by atoms with E-state index in [9.17, 15) is 24.8 Å². The fourth-order valence-corrected chi connectivity index (χ4v) is 6.80. The number of aromatic nitrogens is 3. The average molecular weight is 643 g/mol. The number of carbonyl (C=O) groups excluding carboxylic acids is 1. The zero-order valence-electron chi connectivity index (χ0n) is 25.2. The van der Waals surface area contributed by atoms with E-state index in [0.717, 1.165) is 25.7 Å². The molecular weight excluding hydrogens is 603 g/mol. The van der Waals surface area contributed by atoms with Gasteiger partial charge in [0.25, 0.3) is 0 Å². The summed E-state index contributed by atoms with van der Waals surface area (Å²) in [6, 6.07) is 12.3. The summed E-state index contributed by atoms with van der Waals surface area (Å²) >= 11 is 0. The van der Waals surface area contributed by atoms with Crippen LogP contribution in [0, 0.1) is 23.2 Å². The highest BCUT2D eigenvalue weighted by Crippen LogP contribution is 2.49. The number of benzene rings is 1. The molecule has 45 heavy (non-hydrogen) atoms. The number of aliphatic hydroxyl groups is 2. The first kappa shape index (κ1) is 32.8. The number of hydrogen-bond acceptors (Lipinski definition) is 12. The SMILES string of the molecule is CCC(CC)COC(=O)[C@H](CC1CC1)NP(=O)(OC[C@@]1(C#N)O[C@@H](c2ccc3c(N)ncnn23)[C@H](O)[C@@H]1O)Oc1ccccc1. The number of esters is 1. The lowest BCUT2D eigenvalue weighted by atomic mass is 9.96. The molecule has 1 aliphatic heterocycles. The smallest absolute Gasteiger partial charge is 0.459 e. The number of carbonyl (C=O) groups is 1. The van der Waals surface area contributed by atoms with Crippen LogP contribution in [0.2, 0.25) is 0 Å². The van der Waals surface area contributed by atoms with Crippen molar-refractivity contribution in [1.29, 1.82) is 5.26 Å². The molecule has 1 unspecified atom stereocenters. The van der Waals surface area contributed by atoms with Crippen molar-refractivity contribution in [3.8, 4) is 11.8 Å². The normalized spacial score (nSPS) is 25.1. The predicted octanol–water partition coefficient (Wildman–Crippen LogP) is 3.31. The Morgan fingerprint density at radius 3 is 2.64 bits per heavy atom. The molecule has 242 valence electrons. The van der Waals surface area contributed by atoms with Crippen molar-refractivity contribution in [2.45, 2.75) is 75.9 Å². The predicted molar refractivity (Wildman–Crippen MR) is 162 cm³/mol. The van der Waals surface area contributed by atoms with E-state index in [1.54, 1.807) is 42.5 Å². The summed E-state index contributed by atoms with van der Waals surface area (Å²) in [5, 5.41) is 39.2. The molecule has 14 nitrogen and oxygen atoms in total. The molecule has 2 aliphatic rings. The number of aliphatic hydroxyl groups excluding tert-OH is 2. The summed E-state index contributed by atoms with van der Waals surface area (Å²) in [5.41, 5.74) is 4.49. The van der Waals surface area contributed by atoms with Crippen LogP contribution < -0.4 is 15.3 Å². The molecule has 0 radical (unpaired) electrons. The van der Waals surface area contributed by atoms with Crippen LogP contribution in [-0.2, 0) is 23.4 Å². The van der Waals surface area contributed by atoms with E-state index in [-0.39, 0.29) is 30.0 Å². The van der Waals surface area contributed by atoms with Gasteiger partial charge in [0.05, 0.1) is 12.3 Å². The Hall–Kier alpha value is -3.57. The van der Waals surface area contributed by atoms with E-state index in [1.165, 1.54) is 10.8 Å². The van der Waals surface area contributed by atoms with Crippen molar-refractivity contribution in [1.82, 2.24) is 19.7 Å². The van der Waals surface area contributed by atoms with Crippen molar-refractivity contribution < 1.29 is 38.1 Å². The monoisotopic (exact) mass is 642 g/mol. The topological polar surface area (TPSA) is 204 Å². The van der Waals surface area contributed by atoms with Gasteiger partial charge in [0.2, 0.25) is 5.60 Å². The number of nitrogens with zero attached hydrogens (tertiary/aromatic N) is 4. The van der Waals surface area contributed by atoms with Crippen LogP contribution in [0.3, 0.4) is 0 Å². The van der Waals surface area contributed by atoms with E-state index < -0.39 is 50.3 Å². The number of rotatable bonds is 15. The second kappa shape index (κ2) is 13.8. The first-order valence-corrected chi connectivity index (χ1v) is 16.6. The Kier molecular flexibility index (Phi) is 10.1. The number of ether oxygens (including phenoxy) is 2. The fraction of sp³-hybridized carbons (Fsp3) is 0.533. The Labute approximate surface area is 261 Å². The average Bonchev–Trinajstić information content (AvgIpc) is 3.70. The lowest BCUT2D eigenvalue weighted by Gasteiger charge is -2.29. The van der Waals surface area contributed by atoms with Crippen LogP contribution >= 0.6 is 7.75 Å². The number of anilines is 1. The highest BCUT2D eigenvalue weighted by Gasteiger charge is 2.57. The van der Waals surface area contributed by atoms with Crippen LogP contribution in [0.4, 0.5) is 5.82 Å². The van der Waals surface area contributed by atoms with Gasteiger partial charge in [-0.1, -0.05) is 57.7 Å². The highest BCUT2D eigenvalue weighted by molar-refractivity contribution is 7.52. The number of para-hydroxylation sites is 1. The minimum atomic E-state index is -4.44. The zero-order chi connectivity index (χ0) is 32.2. The molecule has 5 N–H and O–H groups in total. The summed E-state index contributed by atoms with van der Waals surface area (Å²) in [4.78, 5) is 17.2. The Morgan fingerprint density at radius 2 is 1.98 bits per heavy atom. The van der Waals surface area contributed by atoms with Gasteiger partial charge in [-0.25, -0.2) is 14.1 Å². The Balaban J connectivity index is 1.39. The second-order valence-corrected chi connectivity index (χ2v) is 13.2. The van der Waals surface area contributed by atoms with Crippen LogP contribution in [0.5, 0.6) is 5.75 Å². The molecule has 3 heterocycles. The zero-order valence-corrected chi connectivity index (χ0v) is 26.1. The summed E-state index contributed by atoms with van der Waals surface area (Å²) in [6.07, 6.45) is 0.494. The number of fused-ring (bicyclic) bond motifs is 1. The third-order valence-electron chi connectivity index (χ3n) is 8.34. The third-order valence-corrected chi connectivity index (χ3v) is 9.89. The molecule has 2 fully saturated rings. The molecule has 6 atom stereocenters. The van der Waals surface area contributed by atoms with Gasteiger partial charge in [-0.05, 0) is 42.5 Å². The van der Waals surface area contributed by atoms with Crippen LogP contribution in [0.1, 0.15) is 57.7 Å². The number of nitrogens with two attached hydrogens (primary N) is 1. The molecular formula is C30H39N6O8P. The van der Waals surface area contributed by atoms with E-state index in [1.807, 2.05) is 19.9 Å². The molecule has 1 aliphatic carbocycles. The van der Waals surface area contributed by atoms with Crippen LogP contribution in [-0.4, -0.2) is 67.8 Å². The van der Waals surface area contributed by atoms with Crippen LogP contribution in [0.15, 0.2) is 48.8 Å². The second-order valence-electron chi connectivity index (χ2n) is 11.5. The summed E-state index contributed by atoms with van der Waals surface area (Å²) < 4.78 is 38.9. The lowest BCUT2D eigenvalue weighted by molar-refractivity contribution is -0.147. The standard InChI is InChI=1S/C30H39N6O8P/c1-3-19(4-2)15-41-29(39)22(14-20-10-11-20)35-45(40,44-21-8-6-5-7-9-21)42-17-30(16-31)27(38)25(37)26(43-30)23-12-13-24-28(32)33-18-34-36(23)24/h5-9,12-13,18-20,22,25-27,37-38H,3-4,10-11,14-15,17H2,1-2H3,(H,35,40)(H2,32,33,34)/t22-,25-,26-,27-,30+,45?/m0/s1. The number of nitriles is 1.